The van der Waals surface area contributed by atoms with Crippen LogP contribution in [0.3, 0.4) is 0 Å². The molecule has 1 aromatic carbocycles. The van der Waals surface area contributed by atoms with Gasteiger partial charge in [-0.2, -0.15) is 0 Å². The zero-order valence-corrected chi connectivity index (χ0v) is 11.5. The van der Waals surface area contributed by atoms with E-state index in [4.69, 9.17) is 5.11 Å². The van der Waals surface area contributed by atoms with Crippen LogP contribution in [0.2, 0.25) is 0 Å². The lowest BCUT2D eigenvalue weighted by molar-refractivity contribution is -0.384. The van der Waals surface area contributed by atoms with Gasteiger partial charge in [0.1, 0.15) is 0 Å². The Hall–Kier alpha value is -2.00. The smallest absolute Gasteiger partial charge is 0.303 e. The zero-order chi connectivity index (χ0) is 15.3. The Morgan fingerprint density at radius 2 is 1.95 bits per heavy atom. The molecule has 0 radical (unpaired) electrons. The molecule has 1 unspecified atom stereocenters. The highest BCUT2D eigenvalue weighted by Gasteiger charge is 2.17. The first-order chi connectivity index (χ1) is 9.22. The van der Waals surface area contributed by atoms with Gasteiger partial charge in [0.15, 0.2) is 0 Å². The van der Waals surface area contributed by atoms with Gasteiger partial charge in [-0.3, -0.25) is 14.9 Å². The molecule has 1 atom stereocenters. The lowest BCUT2D eigenvalue weighted by Gasteiger charge is -2.10. The highest BCUT2D eigenvalue weighted by Crippen LogP contribution is 2.15. The minimum Gasteiger partial charge on any atom is -0.481 e. The number of non-ortho nitro benzene ring substituents is 1. The SMILES string of the molecule is CC(CNS(=O)(=O)c1ccc([N+](=O)[O-])cc1)CC(=O)O. The van der Waals surface area contributed by atoms with E-state index >= 15 is 0 Å². The number of nitrogens with one attached hydrogen (secondary N) is 1. The Morgan fingerprint density at radius 1 is 1.40 bits per heavy atom. The largest absolute Gasteiger partial charge is 0.481 e. The lowest BCUT2D eigenvalue weighted by Crippen LogP contribution is -2.29. The van der Waals surface area contributed by atoms with Crippen molar-refractivity contribution in [1.82, 2.24) is 4.72 Å². The van der Waals surface area contributed by atoms with E-state index < -0.39 is 20.9 Å². The van der Waals surface area contributed by atoms with Crippen LogP contribution in [0.5, 0.6) is 0 Å². The second kappa shape index (κ2) is 6.44. The molecule has 1 rings (SSSR count). The number of aliphatic carboxylic acids is 1. The van der Waals surface area contributed by atoms with Gasteiger partial charge >= 0.3 is 5.97 Å². The number of nitro groups is 1. The predicted octanol–water partition coefficient (Wildman–Crippen LogP) is 0.984. The van der Waals surface area contributed by atoms with Crippen LogP contribution in [-0.4, -0.2) is 31.0 Å². The van der Waals surface area contributed by atoms with Crippen LogP contribution in [-0.2, 0) is 14.8 Å². The van der Waals surface area contributed by atoms with Gasteiger partial charge in [-0.25, -0.2) is 13.1 Å². The predicted molar refractivity (Wildman–Crippen MR) is 69.7 cm³/mol. The quantitative estimate of drug-likeness (QED) is 0.571. The summed E-state index contributed by atoms with van der Waals surface area (Å²) in [4.78, 5) is 20.2. The van der Waals surface area contributed by atoms with Crippen molar-refractivity contribution in [2.45, 2.75) is 18.2 Å². The lowest BCUT2D eigenvalue weighted by atomic mass is 10.1. The standard InChI is InChI=1S/C11H14N2O6S/c1-8(6-11(14)15)7-12-20(18,19)10-4-2-9(3-5-10)13(16)17/h2-5,8,12H,6-7H2,1H3,(H,14,15). The van der Waals surface area contributed by atoms with Crippen molar-refractivity contribution < 1.29 is 23.2 Å². The van der Waals surface area contributed by atoms with E-state index in [0.29, 0.717) is 0 Å². The van der Waals surface area contributed by atoms with Gasteiger partial charge in [-0.15, -0.1) is 0 Å². The molecule has 0 aliphatic rings. The normalized spacial score (nSPS) is 12.8. The summed E-state index contributed by atoms with van der Waals surface area (Å²) in [5.41, 5.74) is -0.205. The molecule has 0 spiro atoms. The van der Waals surface area contributed by atoms with Crippen molar-refractivity contribution in [2.24, 2.45) is 5.92 Å². The molecule has 8 nitrogen and oxygen atoms in total. The second-order valence-corrected chi connectivity index (χ2v) is 6.07. The molecule has 20 heavy (non-hydrogen) atoms. The third kappa shape index (κ3) is 4.59. The molecule has 0 fully saturated rings. The highest BCUT2D eigenvalue weighted by atomic mass is 32.2. The Bertz CT molecular complexity index is 596. The van der Waals surface area contributed by atoms with Crippen LogP contribution in [0.25, 0.3) is 0 Å². The monoisotopic (exact) mass is 302 g/mol. The molecule has 110 valence electrons. The van der Waals surface area contributed by atoms with Crippen molar-refractivity contribution in [3.63, 3.8) is 0 Å². The number of hydrogen-bond donors (Lipinski definition) is 2. The summed E-state index contributed by atoms with van der Waals surface area (Å²) in [6.45, 7) is 1.58. The molecule has 0 amide bonds. The molecule has 0 aliphatic heterocycles. The molecule has 0 bridgehead atoms. The van der Waals surface area contributed by atoms with E-state index in [-0.39, 0.29) is 29.5 Å². The third-order valence-electron chi connectivity index (χ3n) is 2.50. The van der Waals surface area contributed by atoms with Gasteiger partial charge in [-0.1, -0.05) is 6.92 Å². The van der Waals surface area contributed by atoms with Crippen LogP contribution < -0.4 is 4.72 Å². The minimum atomic E-state index is -3.80. The molecule has 0 saturated carbocycles. The fraction of sp³-hybridized carbons (Fsp3) is 0.364. The summed E-state index contributed by atoms with van der Waals surface area (Å²) in [6, 6.07) is 4.44. The van der Waals surface area contributed by atoms with Gasteiger partial charge in [-0.05, 0) is 18.1 Å². The number of nitro benzene ring substituents is 1. The van der Waals surface area contributed by atoms with Crippen molar-refractivity contribution in [3.05, 3.63) is 34.4 Å². The number of hydrogen-bond acceptors (Lipinski definition) is 5. The fourth-order valence-corrected chi connectivity index (χ4v) is 2.62. The summed E-state index contributed by atoms with van der Waals surface area (Å²) in [6.07, 6.45) is -0.150. The van der Waals surface area contributed by atoms with E-state index in [2.05, 4.69) is 4.72 Å². The summed E-state index contributed by atoms with van der Waals surface area (Å²) < 4.78 is 26.0. The van der Waals surface area contributed by atoms with Crippen molar-refractivity contribution >= 4 is 21.7 Å². The number of nitrogens with zero attached hydrogens (tertiary/aromatic N) is 1. The Kier molecular flexibility index (Phi) is 5.17. The van der Waals surface area contributed by atoms with Crippen LogP contribution in [0.4, 0.5) is 5.69 Å². The summed E-state index contributed by atoms with van der Waals surface area (Å²) >= 11 is 0. The molecule has 9 heteroatoms. The van der Waals surface area contributed by atoms with Crippen molar-refractivity contribution in [1.29, 1.82) is 0 Å². The Balaban J connectivity index is 2.73. The molecule has 2 N–H and O–H groups in total. The average Bonchev–Trinajstić information content (AvgIpc) is 2.36. The van der Waals surface area contributed by atoms with Gasteiger partial charge < -0.3 is 5.11 Å². The first kappa shape index (κ1) is 16.1. The number of sulfonamides is 1. The minimum absolute atomic E-state index is 0.0222. The maximum atomic E-state index is 11.9. The van der Waals surface area contributed by atoms with E-state index in [1.807, 2.05) is 0 Å². The molecule has 0 aliphatic carbocycles. The van der Waals surface area contributed by atoms with Gasteiger partial charge in [0.05, 0.1) is 9.82 Å². The summed E-state index contributed by atoms with van der Waals surface area (Å²) in [5.74, 6) is -1.37. The summed E-state index contributed by atoms with van der Waals surface area (Å²) in [7, 11) is -3.80. The number of carboxylic acids is 1. The second-order valence-electron chi connectivity index (χ2n) is 4.31. The van der Waals surface area contributed by atoms with E-state index in [1.54, 1.807) is 6.92 Å². The van der Waals surface area contributed by atoms with Crippen LogP contribution in [0.1, 0.15) is 13.3 Å². The van der Waals surface area contributed by atoms with Crippen LogP contribution in [0, 0.1) is 16.0 Å². The third-order valence-corrected chi connectivity index (χ3v) is 3.94. The summed E-state index contributed by atoms with van der Waals surface area (Å²) in [5, 5.41) is 19.0. The van der Waals surface area contributed by atoms with E-state index in [1.165, 1.54) is 0 Å². The number of carboxylic acid groups (broad SMARTS) is 1. The number of carbonyl (C=O) groups is 1. The molecular weight excluding hydrogens is 288 g/mol. The topological polar surface area (TPSA) is 127 Å². The molecule has 1 aromatic rings. The molecule has 0 saturated heterocycles. The van der Waals surface area contributed by atoms with E-state index in [9.17, 15) is 23.3 Å². The van der Waals surface area contributed by atoms with Crippen molar-refractivity contribution in [3.8, 4) is 0 Å². The molecule has 0 aromatic heterocycles. The van der Waals surface area contributed by atoms with E-state index in [0.717, 1.165) is 24.3 Å². The fourth-order valence-electron chi connectivity index (χ4n) is 1.45. The highest BCUT2D eigenvalue weighted by molar-refractivity contribution is 7.89. The zero-order valence-electron chi connectivity index (χ0n) is 10.6. The first-order valence-corrected chi connectivity index (χ1v) is 7.16. The van der Waals surface area contributed by atoms with Crippen LogP contribution in [0.15, 0.2) is 29.2 Å². The van der Waals surface area contributed by atoms with Gasteiger partial charge in [0.2, 0.25) is 10.0 Å². The molecular formula is C11H14N2O6S. The Morgan fingerprint density at radius 3 is 2.40 bits per heavy atom. The average molecular weight is 302 g/mol. The number of rotatable bonds is 7. The molecule has 0 heterocycles. The van der Waals surface area contributed by atoms with Gasteiger partial charge in [0, 0.05) is 25.1 Å². The number of benzene rings is 1. The maximum Gasteiger partial charge on any atom is 0.303 e. The maximum absolute atomic E-state index is 11.9. The van der Waals surface area contributed by atoms with Gasteiger partial charge in [0.25, 0.3) is 5.69 Å². The Labute approximate surface area is 115 Å². The van der Waals surface area contributed by atoms with Crippen LogP contribution >= 0.6 is 0 Å². The first-order valence-electron chi connectivity index (χ1n) is 5.68. The van der Waals surface area contributed by atoms with Crippen molar-refractivity contribution in [2.75, 3.05) is 6.54 Å².